The maximum Gasteiger partial charge on any atom is 0.165 e. The van der Waals surface area contributed by atoms with Crippen molar-refractivity contribution >= 4 is 5.78 Å². The van der Waals surface area contributed by atoms with Crippen LogP contribution < -0.4 is 4.74 Å². The van der Waals surface area contributed by atoms with Crippen LogP contribution >= 0.6 is 0 Å². The van der Waals surface area contributed by atoms with Crippen LogP contribution in [-0.2, 0) is 0 Å². The maximum atomic E-state index is 11.8. The number of hydrogen-bond acceptors (Lipinski definition) is 2. The molecule has 0 aliphatic rings. The van der Waals surface area contributed by atoms with Gasteiger partial charge in [0.15, 0.2) is 5.78 Å². The van der Waals surface area contributed by atoms with Gasteiger partial charge in [-0.15, -0.1) is 0 Å². The van der Waals surface area contributed by atoms with Crippen molar-refractivity contribution in [3.8, 4) is 5.75 Å². The Morgan fingerprint density at radius 2 is 1.68 bits per heavy atom. The molecule has 0 atom stereocenters. The molecule has 0 spiro atoms. The molecule has 0 saturated heterocycles. The molecule has 0 fully saturated rings. The first-order chi connectivity index (χ1) is 9.15. The van der Waals surface area contributed by atoms with Crippen molar-refractivity contribution < 1.29 is 9.53 Å². The fourth-order valence-electron chi connectivity index (χ4n) is 1.94. The summed E-state index contributed by atoms with van der Waals surface area (Å²) in [5.41, 5.74) is 0.769. The maximum absolute atomic E-state index is 11.8. The van der Waals surface area contributed by atoms with Crippen LogP contribution in [-0.4, -0.2) is 12.4 Å². The second kappa shape index (κ2) is 8.73. The number of Topliss-reactive ketones (excluding diaryl/α,β-unsaturated/α-hetero) is 1. The monoisotopic (exact) mass is 262 g/mol. The summed E-state index contributed by atoms with van der Waals surface area (Å²) in [7, 11) is 0. The SMILES string of the molecule is CCCCCCCOc1ccc(C(=O)C(C)C)cc1. The number of ketones is 1. The topological polar surface area (TPSA) is 26.3 Å². The normalized spacial score (nSPS) is 10.7. The van der Waals surface area contributed by atoms with Crippen LogP contribution in [0, 0.1) is 5.92 Å². The molecule has 1 aromatic carbocycles. The molecule has 0 unspecified atom stereocenters. The first-order valence-corrected chi connectivity index (χ1v) is 7.42. The van der Waals surface area contributed by atoms with Crippen molar-refractivity contribution in [3.05, 3.63) is 29.8 Å². The predicted molar refractivity (Wildman–Crippen MR) is 79.9 cm³/mol. The van der Waals surface area contributed by atoms with Crippen molar-refractivity contribution in [3.63, 3.8) is 0 Å². The summed E-state index contributed by atoms with van der Waals surface area (Å²) in [5.74, 6) is 1.09. The van der Waals surface area contributed by atoms with Crippen LogP contribution in [0.2, 0.25) is 0 Å². The average Bonchev–Trinajstić information content (AvgIpc) is 2.42. The van der Waals surface area contributed by atoms with Crippen molar-refractivity contribution in [1.82, 2.24) is 0 Å². The third-order valence-electron chi connectivity index (χ3n) is 3.18. The van der Waals surface area contributed by atoms with Gasteiger partial charge in [-0.05, 0) is 30.7 Å². The highest BCUT2D eigenvalue weighted by Gasteiger charge is 2.09. The van der Waals surface area contributed by atoms with Gasteiger partial charge < -0.3 is 4.74 Å². The summed E-state index contributed by atoms with van der Waals surface area (Å²) in [6, 6.07) is 7.49. The molecule has 0 aliphatic heterocycles. The second-order valence-electron chi connectivity index (χ2n) is 5.31. The number of ether oxygens (including phenoxy) is 1. The molecule has 0 radical (unpaired) electrons. The number of unbranched alkanes of at least 4 members (excludes halogenated alkanes) is 4. The smallest absolute Gasteiger partial charge is 0.165 e. The zero-order valence-corrected chi connectivity index (χ0v) is 12.4. The molecular formula is C17H26O2. The van der Waals surface area contributed by atoms with E-state index in [-0.39, 0.29) is 11.7 Å². The van der Waals surface area contributed by atoms with Crippen LogP contribution in [0.3, 0.4) is 0 Å². The van der Waals surface area contributed by atoms with E-state index in [0.717, 1.165) is 24.3 Å². The summed E-state index contributed by atoms with van der Waals surface area (Å²) < 4.78 is 5.67. The molecule has 1 rings (SSSR count). The summed E-state index contributed by atoms with van der Waals surface area (Å²) in [6.45, 7) is 6.82. The Morgan fingerprint density at radius 3 is 2.26 bits per heavy atom. The van der Waals surface area contributed by atoms with Crippen LogP contribution in [0.4, 0.5) is 0 Å². The van der Waals surface area contributed by atoms with Crippen molar-refractivity contribution in [2.75, 3.05) is 6.61 Å². The van der Waals surface area contributed by atoms with Crippen molar-refractivity contribution in [2.45, 2.75) is 52.9 Å². The molecule has 0 heterocycles. The Balaban J connectivity index is 2.30. The Kier molecular flexibility index (Phi) is 7.24. The first-order valence-electron chi connectivity index (χ1n) is 7.42. The van der Waals surface area contributed by atoms with Gasteiger partial charge in [0.05, 0.1) is 6.61 Å². The van der Waals surface area contributed by atoms with E-state index in [0.29, 0.717) is 0 Å². The lowest BCUT2D eigenvalue weighted by atomic mass is 10.0. The molecule has 0 N–H and O–H groups in total. The predicted octanol–water partition coefficient (Wildman–Crippen LogP) is 4.87. The number of benzene rings is 1. The number of carbonyl (C=O) groups excluding carboxylic acids is 1. The zero-order chi connectivity index (χ0) is 14.1. The van der Waals surface area contributed by atoms with E-state index in [1.165, 1.54) is 25.7 Å². The van der Waals surface area contributed by atoms with Crippen LogP contribution in [0.15, 0.2) is 24.3 Å². The van der Waals surface area contributed by atoms with E-state index in [1.54, 1.807) is 0 Å². The largest absolute Gasteiger partial charge is 0.494 e. The summed E-state index contributed by atoms with van der Waals surface area (Å²) >= 11 is 0. The Bertz CT molecular complexity index is 365. The molecular weight excluding hydrogens is 236 g/mol. The molecule has 0 aliphatic carbocycles. The highest BCUT2D eigenvalue weighted by Crippen LogP contribution is 2.15. The molecule has 19 heavy (non-hydrogen) atoms. The number of carbonyl (C=O) groups is 1. The van der Waals surface area contributed by atoms with Gasteiger partial charge in [-0.2, -0.15) is 0 Å². The second-order valence-corrected chi connectivity index (χ2v) is 5.31. The van der Waals surface area contributed by atoms with E-state index in [1.807, 2.05) is 38.1 Å². The molecule has 0 aromatic heterocycles. The van der Waals surface area contributed by atoms with Crippen LogP contribution in [0.5, 0.6) is 5.75 Å². The Labute approximate surface area is 117 Å². The van der Waals surface area contributed by atoms with Crippen LogP contribution in [0.25, 0.3) is 0 Å². The van der Waals surface area contributed by atoms with Gasteiger partial charge in [-0.3, -0.25) is 4.79 Å². The molecule has 2 nitrogen and oxygen atoms in total. The van der Waals surface area contributed by atoms with Gasteiger partial charge in [0.25, 0.3) is 0 Å². The number of hydrogen-bond donors (Lipinski definition) is 0. The Hall–Kier alpha value is -1.31. The van der Waals surface area contributed by atoms with Gasteiger partial charge in [0.1, 0.15) is 5.75 Å². The lowest BCUT2D eigenvalue weighted by Gasteiger charge is -2.08. The van der Waals surface area contributed by atoms with E-state index >= 15 is 0 Å². The highest BCUT2D eigenvalue weighted by atomic mass is 16.5. The van der Waals surface area contributed by atoms with Crippen LogP contribution in [0.1, 0.15) is 63.2 Å². The van der Waals surface area contributed by atoms with Gasteiger partial charge in [0, 0.05) is 11.5 Å². The van der Waals surface area contributed by atoms with Gasteiger partial charge in [0.2, 0.25) is 0 Å². The third-order valence-corrected chi connectivity index (χ3v) is 3.18. The molecule has 0 saturated carbocycles. The van der Waals surface area contributed by atoms with Gasteiger partial charge >= 0.3 is 0 Å². The Morgan fingerprint density at radius 1 is 1.05 bits per heavy atom. The fourth-order valence-corrected chi connectivity index (χ4v) is 1.94. The van der Waals surface area contributed by atoms with E-state index < -0.39 is 0 Å². The summed E-state index contributed by atoms with van der Waals surface area (Å²) in [5, 5.41) is 0. The van der Waals surface area contributed by atoms with E-state index in [9.17, 15) is 4.79 Å². The summed E-state index contributed by atoms with van der Waals surface area (Å²) in [4.78, 5) is 11.8. The lowest BCUT2D eigenvalue weighted by molar-refractivity contribution is 0.0939. The molecule has 0 amide bonds. The standard InChI is InChI=1S/C17H26O2/c1-4-5-6-7-8-13-19-16-11-9-15(10-12-16)17(18)14(2)3/h9-12,14H,4-8,13H2,1-3H3. The fraction of sp³-hybridized carbons (Fsp3) is 0.588. The minimum Gasteiger partial charge on any atom is -0.494 e. The molecule has 0 bridgehead atoms. The quantitative estimate of drug-likeness (QED) is 0.468. The number of rotatable bonds is 9. The van der Waals surface area contributed by atoms with Gasteiger partial charge in [-0.1, -0.05) is 46.5 Å². The molecule has 106 valence electrons. The third kappa shape index (κ3) is 5.91. The minimum absolute atomic E-state index is 0.0466. The lowest BCUT2D eigenvalue weighted by Crippen LogP contribution is -2.07. The van der Waals surface area contributed by atoms with Gasteiger partial charge in [-0.25, -0.2) is 0 Å². The minimum atomic E-state index is 0.0466. The molecule has 2 heteroatoms. The zero-order valence-electron chi connectivity index (χ0n) is 12.4. The summed E-state index contributed by atoms with van der Waals surface area (Å²) in [6.07, 6.45) is 6.21. The van der Waals surface area contributed by atoms with E-state index in [4.69, 9.17) is 4.74 Å². The highest BCUT2D eigenvalue weighted by molar-refractivity contribution is 5.97. The van der Waals surface area contributed by atoms with Crippen molar-refractivity contribution in [1.29, 1.82) is 0 Å². The van der Waals surface area contributed by atoms with Crippen molar-refractivity contribution in [2.24, 2.45) is 5.92 Å². The first kappa shape index (κ1) is 15.7. The molecule has 1 aromatic rings. The average molecular weight is 262 g/mol. The van der Waals surface area contributed by atoms with E-state index in [2.05, 4.69) is 6.92 Å².